The van der Waals surface area contributed by atoms with E-state index in [1.54, 1.807) is 12.5 Å². The van der Waals surface area contributed by atoms with Crippen molar-refractivity contribution in [3.63, 3.8) is 0 Å². The van der Waals surface area contributed by atoms with Crippen molar-refractivity contribution >= 4 is 33.7 Å². The number of benzene rings is 1. The molecule has 2 aromatic heterocycles. The quantitative estimate of drug-likeness (QED) is 0.695. The van der Waals surface area contributed by atoms with Crippen LogP contribution in [0.2, 0.25) is 0 Å². The first kappa shape index (κ1) is 12.1. The van der Waals surface area contributed by atoms with Crippen molar-refractivity contribution in [3.05, 3.63) is 42.3 Å². The number of hydrogen-bond donors (Lipinski definition) is 1. The lowest BCUT2D eigenvalue weighted by Gasteiger charge is -2.19. The summed E-state index contributed by atoms with van der Waals surface area (Å²) in [6, 6.07) is 7.71. The van der Waals surface area contributed by atoms with Crippen LogP contribution in [0.5, 0.6) is 0 Å². The maximum Gasteiger partial charge on any atom is 0.234 e. The van der Waals surface area contributed by atoms with Gasteiger partial charge in [0, 0.05) is 35.0 Å². The minimum atomic E-state index is -0.335. The Kier molecular flexibility index (Phi) is 2.54. The summed E-state index contributed by atoms with van der Waals surface area (Å²) in [5, 5.41) is 4.29. The van der Waals surface area contributed by atoms with Gasteiger partial charge >= 0.3 is 0 Å². The van der Waals surface area contributed by atoms with Gasteiger partial charge in [-0.15, -0.1) is 0 Å². The lowest BCUT2D eigenvalue weighted by Crippen LogP contribution is -2.39. The standard InChI is InChI=1S/C16H12N2O3/c19-15-4-3-10(16(20)18-15)12-8-21-14-7-13-9(6-11(12)14)2-1-5-17-13/h1-2,5-8,10H,3-4H2,(H,18,19,20). The Morgan fingerprint density at radius 2 is 2.19 bits per heavy atom. The number of nitrogens with zero attached hydrogens (tertiary/aromatic N) is 1. The molecule has 0 radical (unpaired) electrons. The number of furan rings is 1. The number of carbonyl (C=O) groups is 2. The number of pyridine rings is 1. The molecule has 1 aliphatic rings. The lowest BCUT2D eigenvalue weighted by molar-refractivity contribution is -0.134. The second-order valence-corrected chi connectivity index (χ2v) is 5.24. The van der Waals surface area contributed by atoms with Crippen LogP contribution in [0.3, 0.4) is 0 Å². The zero-order valence-corrected chi connectivity index (χ0v) is 11.1. The maximum absolute atomic E-state index is 12.0. The van der Waals surface area contributed by atoms with E-state index in [0.717, 1.165) is 21.9 Å². The minimum absolute atomic E-state index is 0.210. The van der Waals surface area contributed by atoms with Crippen molar-refractivity contribution in [1.29, 1.82) is 0 Å². The number of nitrogens with one attached hydrogen (secondary N) is 1. The highest BCUT2D eigenvalue weighted by atomic mass is 16.3. The highest BCUT2D eigenvalue weighted by molar-refractivity contribution is 6.04. The minimum Gasteiger partial charge on any atom is -0.464 e. The Morgan fingerprint density at radius 3 is 3.05 bits per heavy atom. The molecule has 0 spiro atoms. The van der Waals surface area contributed by atoms with Crippen LogP contribution in [0.15, 0.2) is 41.1 Å². The summed E-state index contributed by atoms with van der Waals surface area (Å²) in [4.78, 5) is 27.6. The lowest BCUT2D eigenvalue weighted by atomic mass is 9.90. The van der Waals surface area contributed by atoms with Gasteiger partial charge in [-0.1, -0.05) is 6.07 Å². The molecular weight excluding hydrogens is 268 g/mol. The summed E-state index contributed by atoms with van der Waals surface area (Å²) < 4.78 is 5.58. The Labute approximate surface area is 120 Å². The predicted octanol–water partition coefficient (Wildman–Crippen LogP) is 2.50. The van der Waals surface area contributed by atoms with E-state index >= 15 is 0 Å². The van der Waals surface area contributed by atoms with Gasteiger partial charge in [-0.25, -0.2) is 0 Å². The van der Waals surface area contributed by atoms with Crippen molar-refractivity contribution in [2.75, 3.05) is 0 Å². The number of carbonyl (C=O) groups excluding carboxylic acids is 2. The zero-order valence-electron chi connectivity index (χ0n) is 11.1. The van der Waals surface area contributed by atoms with Crippen molar-refractivity contribution in [1.82, 2.24) is 10.3 Å². The van der Waals surface area contributed by atoms with Gasteiger partial charge in [0.25, 0.3) is 0 Å². The third-order valence-electron chi connectivity index (χ3n) is 3.94. The summed E-state index contributed by atoms with van der Waals surface area (Å²) >= 11 is 0. The predicted molar refractivity (Wildman–Crippen MR) is 76.6 cm³/mol. The van der Waals surface area contributed by atoms with Crippen LogP contribution in [-0.4, -0.2) is 16.8 Å². The third-order valence-corrected chi connectivity index (χ3v) is 3.94. The SMILES string of the molecule is O=C1CCC(c2coc3cc4ncccc4cc23)C(=O)N1. The van der Waals surface area contributed by atoms with Gasteiger partial charge in [-0.05, 0) is 18.6 Å². The van der Waals surface area contributed by atoms with E-state index in [1.807, 2.05) is 24.3 Å². The smallest absolute Gasteiger partial charge is 0.234 e. The van der Waals surface area contributed by atoms with E-state index < -0.39 is 0 Å². The number of hydrogen-bond acceptors (Lipinski definition) is 4. The van der Waals surface area contributed by atoms with Crippen LogP contribution in [0, 0.1) is 0 Å². The average molecular weight is 280 g/mol. The molecule has 2 amide bonds. The Bertz CT molecular complexity index is 881. The van der Waals surface area contributed by atoms with E-state index in [0.29, 0.717) is 18.4 Å². The molecule has 1 aliphatic heterocycles. The van der Waals surface area contributed by atoms with Crippen LogP contribution < -0.4 is 5.32 Å². The maximum atomic E-state index is 12.0. The van der Waals surface area contributed by atoms with E-state index in [9.17, 15) is 9.59 Å². The van der Waals surface area contributed by atoms with Crippen LogP contribution in [-0.2, 0) is 9.59 Å². The summed E-state index contributed by atoms with van der Waals surface area (Å²) in [7, 11) is 0. The second kappa shape index (κ2) is 4.41. The van der Waals surface area contributed by atoms with Gasteiger partial charge in [0.2, 0.25) is 11.8 Å². The molecule has 104 valence electrons. The fourth-order valence-corrected chi connectivity index (χ4v) is 2.87. The van der Waals surface area contributed by atoms with Crippen LogP contribution in [0.25, 0.3) is 21.9 Å². The first-order valence-corrected chi connectivity index (χ1v) is 6.82. The molecule has 1 N–H and O–H groups in total. The molecular formula is C16H12N2O3. The van der Waals surface area contributed by atoms with Gasteiger partial charge in [-0.3, -0.25) is 19.9 Å². The first-order valence-electron chi connectivity index (χ1n) is 6.82. The molecule has 0 saturated carbocycles. The van der Waals surface area contributed by atoms with E-state index in [2.05, 4.69) is 10.3 Å². The van der Waals surface area contributed by atoms with Gasteiger partial charge in [0.15, 0.2) is 0 Å². The molecule has 0 bridgehead atoms. The molecule has 1 atom stereocenters. The Hall–Kier alpha value is -2.69. The van der Waals surface area contributed by atoms with Gasteiger partial charge < -0.3 is 4.42 Å². The summed E-state index contributed by atoms with van der Waals surface area (Å²) in [5.41, 5.74) is 2.40. The number of piperidine rings is 1. The summed E-state index contributed by atoms with van der Waals surface area (Å²) in [5.74, 6) is -0.794. The number of aromatic nitrogens is 1. The molecule has 1 fully saturated rings. The molecule has 3 heterocycles. The molecule has 3 aromatic rings. The monoisotopic (exact) mass is 280 g/mol. The number of imide groups is 1. The summed E-state index contributed by atoms with van der Waals surface area (Å²) in [6.45, 7) is 0. The molecule has 0 aliphatic carbocycles. The van der Waals surface area contributed by atoms with Crippen molar-refractivity contribution in [2.45, 2.75) is 18.8 Å². The highest BCUT2D eigenvalue weighted by Crippen LogP contribution is 2.34. The molecule has 1 saturated heterocycles. The summed E-state index contributed by atoms with van der Waals surface area (Å²) in [6.07, 6.45) is 4.23. The molecule has 21 heavy (non-hydrogen) atoms. The molecule has 1 unspecified atom stereocenters. The average Bonchev–Trinajstić information content (AvgIpc) is 2.88. The normalized spacial score (nSPS) is 19.1. The van der Waals surface area contributed by atoms with Crippen molar-refractivity contribution < 1.29 is 14.0 Å². The fourth-order valence-electron chi connectivity index (χ4n) is 2.87. The van der Waals surface area contributed by atoms with Gasteiger partial charge in [0.05, 0.1) is 17.7 Å². The number of amides is 2. The van der Waals surface area contributed by atoms with E-state index in [1.165, 1.54) is 0 Å². The molecule has 1 aromatic carbocycles. The molecule has 5 nitrogen and oxygen atoms in total. The Morgan fingerprint density at radius 1 is 1.29 bits per heavy atom. The van der Waals surface area contributed by atoms with Crippen LogP contribution >= 0.6 is 0 Å². The van der Waals surface area contributed by atoms with Crippen LogP contribution in [0.4, 0.5) is 0 Å². The van der Waals surface area contributed by atoms with Crippen molar-refractivity contribution in [3.8, 4) is 0 Å². The number of fused-ring (bicyclic) bond motifs is 2. The topological polar surface area (TPSA) is 72.2 Å². The van der Waals surface area contributed by atoms with Gasteiger partial charge in [0.1, 0.15) is 5.58 Å². The largest absolute Gasteiger partial charge is 0.464 e. The molecule has 5 heteroatoms. The second-order valence-electron chi connectivity index (χ2n) is 5.24. The Balaban J connectivity index is 1.87. The molecule has 4 rings (SSSR count). The number of rotatable bonds is 1. The third kappa shape index (κ3) is 1.89. The first-order chi connectivity index (χ1) is 10.2. The van der Waals surface area contributed by atoms with E-state index in [4.69, 9.17) is 4.42 Å². The fraction of sp³-hybridized carbons (Fsp3) is 0.188. The van der Waals surface area contributed by atoms with Gasteiger partial charge in [-0.2, -0.15) is 0 Å². The highest BCUT2D eigenvalue weighted by Gasteiger charge is 2.30. The zero-order chi connectivity index (χ0) is 14.4. The van der Waals surface area contributed by atoms with E-state index in [-0.39, 0.29) is 17.7 Å². The van der Waals surface area contributed by atoms with Crippen molar-refractivity contribution in [2.24, 2.45) is 0 Å². The van der Waals surface area contributed by atoms with Crippen LogP contribution in [0.1, 0.15) is 24.3 Å².